The summed E-state index contributed by atoms with van der Waals surface area (Å²) < 4.78 is 23.7. The average molecular weight is 517 g/mol. The lowest BCUT2D eigenvalue weighted by molar-refractivity contribution is 0.293. The first-order chi connectivity index (χ1) is 18.4. The first-order valence-electron chi connectivity index (χ1n) is 11.9. The van der Waals surface area contributed by atoms with Crippen LogP contribution in [0.15, 0.2) is 79.8 Å². The Labute approximate surface area is 215 Å². The van der Waals surface area contributed by atoms with Crippen LogP contribution in [-0.4, -0.2) is 36.6 Å². The van der Waals surface area contributed by atoms with Gasteiger partial charge in [-0.1, -0.05) is 12.1 Å². The molecule has 10 heteroatoms. The summed E-state index contributed by atoms with van der Waals surface area (Å²) in [5.41, 5.74) is -2.16. The van der Waals surface area contributed by atoms with Crippen molar-refractivity contribution in [2.75, 3.05) is 27.4 Å². The second kappa shape index (κ2) is 10.3. The fourth-order valence-corrected chi connectivity index (χ4v) is 4.37. The van der Waals surface area contributed by atoms with Crippen LogP contribution in [0.5, 0.6) is 23.0 Å². The van der Waals surface area contributed by atoms with Gasteiger partial charge in [-0.05, 0) is 36.4 Å². The van der Waals surface area contributed by atoms with Crippen LogP contribution in [0.25, 0.3) is 21.5 Å². The van der Waals surface area contributed by atoms with Gasteiger partial charge in [0.05, 0.1) is 48.9 Å². The second-order valence-electron chi connectivity index (χ2n) is 8.52. The molecule has 0 fully saturated rings. The Morgan fingerprint density at radius 3 is 1.21 bits per heavy atom. The van der Waals surface area contributed by atoms with E-state index in [4.69, 9.17) is 18.9 Å². The SMILES string of the molecule is COc1cccc(OCCn2c(=O)c3cc4c(=O)n(CCOc5cccc(OC)c5)c(=O)c4cc3c2=O)c1. The summed E-state index contributed by atoms with van der Waals surface area (Å²) in [6.45, 7) is 0.141. The van der Waals surface area contributed by atoms with E-state index in [-0.39, 0.29) is 47.8 Å². The molecule has 38 heavy (non-hydrogen) atoms. The van der Waals surface area contributed by atoms with Crippen molar-refractivity contribution < 1.29 is 18.9 Å². The van der Waals surface area contributed by atoms with Gasteiger partial charge in [0, 0.05) is 12.1 Å². The molecule has 0 aliphatic heterocycles. The molecule has 0 saturated carbocycles. The minimum atomic E-state index is -0.540. The van der Waals surface area contributed by atoms with Crippen molar-refractivity contribution in [2.45, 2.75) is 13.1 Å². The van der Waals surface area contributed by atoms with E-state index in [1.807, 2.05) is 0 Å². The van der Waals surface area contributed by atoms with Crippen molar-refractivity contribution in [1.29, 1.82) is 0 Å². The predicted octanol–water partition coefficient (Wildman–Crippen LogP) is 2.09. The highest BCUT2D eigenvalue weighted by molar-refractivity contribution is 5.97. The molecule has 194 valence electrons. The van der Waals surface area contributed by atoms with Crippen LogP contribution in [0.3, 0.4) is 0 Å². The van der Waals surface area contributed by atoms with Gasteiger partial charge in [-0.3, -0.25) is 28.3 Å². The van der Waals surface area contributed by atoms with Gasteiger partial charge in [0.2, 0.25) is 0 Å². The van der Waals surface area contributed by atoms with Crippen LogP contribution in [0.2, 0.25) is 0 Å². The highest BCUT2D eigenvalue weighted by atomic mass is 16.5. The quantitative estimate of drug-likeness (QED) is 0.277. The molecule has 3 aromatic carbocycles. The van der Waals surface area contributed by atoms with Crippen molar-refractivity contribution in [3.8, 4) is 23.0 Å². The molecule has 5 rings (SSSR count). The number of fused-ring (bicyclic) bond motifs is 2. The summed E-state index contributed by atoms with van der Waals surface area (Å²) >= 11 is 0. The van der Waals surface area contributed by atoms with Crippen LogP contribution in [0.4, 0.5) is 0 Å². The molecular formula is C28H24N2O8. The number of benzene rings is 3. The molecule has 0 radical (unpaired) electrons. The number of nitrogens with zero attached hydrogens (tertiary/aromatic N) is 2. The van der Waals surface area contributed by atoms with E-state index in [2.05, 4.69) is 0 Å². The third kappa shape index (κ3) is 4.52. The summed E-state index contributed by atoms with van der Waals surface area (Å²) in [7, 11) is 3.08. The zero-order valence-corrected chi connectivity index (χ0v) is 20.8. The van der Waals surface area contributed by atoms with E-state index in [9.17, 15) is 19.2 Å². The average Bonchev–Trinajstić information content (AvgIpc) is 3.32. The molecule has 0 unspecified atom stereocenters. The number of hydrogen-bond donors (Lipinski definition) is 0. The molecule has 0 amide bonds. The molecule has 0 atom stereocenters. The molecule has 0 bridgehead atoms. The zero-order valence-electron chi connectivity index (χ0n) is 20.8. The summed E-state index contributed by atoms with van der Waals surface area (Å²) in [6.07, 6.45) is 0. The van der Waals surface area contributed by atoms with Crippen LogP contribution < -0.4 is 41.2 Å². The smallest absolute Gasteiger partial charge is 0.261 e. The number of methoxy groups -OCH3 is 2. The molecule has 0 N–H and O–H groups in total. The van der Waals surface area contributed by atoms with Gasteiger partial charge < -0.3 is 18.9 Å². The van der Waals surface area contributed by atoms with Crippen molar-refractivity contribution in [3.63, 3.8) is 0 Å². The maximum atomic E-state index is 13.0. The Kier molecular flexibility index (Phi) is 6.69. The van der Waals surface area contributed by atoms with E-state index >= 15 is 0 Å². The number of ether oxygens (including phenoxy) is 4. The van der Waals surface area contributed by atoms with Gasteiger partial charge in [0.1, 0.15) is 36.2 Å². The Balaban J connectivity index is 1.38. The van der Waals surface area contributed by atoms with Crippen molar-refractivity contribution >= 4 is 21.5 Å². The first-order valence-corrected chi connectivity index (χ1v) is 11.9. The zero-order chi connectivity index (χ0) is 26.8. The number of aromatic nitrogens is 2. The van der Waals surface area contributed by atoms with Gasteiger partial charge in [0.25, 0.3) is 22.2 Å². The van der Waals surface area contributed by atoms with Gasteiger partial charge in [-0.25, -0.2) is 0 Å². The molecule has 0 saturated heterocycles. The van der Waals surface area contributed by atoms with E-state index in [1.54, 1.807) is 62.8 Å². The van der Waals surface area contributed by atoms with Crippen LogP contribution in [0, 0.1) is 0 Å². The lowest BCUT2D eigenvalue weighted by Crippen LogP contribution is -2.28. The Morgan fingerprint density at radius 2 is 0.868 bits per heavy atom. The molecule has 0 spiro atoms. The van der Waals surface area contributed by atoms with E-state index < -0.39 is 22.2 Å². The minimum Gasteiger partial charge on any atom is -0.497 e. The summed E-state index contributed by atoms with van der Waals surface area (Å²) in [5.74, 6) is 2.30. The monoisotopic (exact) mass is 516 g/mol. The maximum Gasteiger partial charge on any atom is 0.261 e. The van der Waals surface area contributed by atoms with Gasteiger partial charge in [-0.15, -0.1) is 0 Å². The summed E-state index contributed by atoms with van der Waals surface area (Å²) in [6, 6.07) is 16.6. The fraction of sp³-hybridized carbons (Fsp3) is 0.214. The first kappa shape index (κ1) is 24.8. The Morgan fingerprint density at radius 1 is 0.526 bits per heavy atom. The van der Waals surface area contributed by atoms with Crippen LogP contribution in [0.1, 0.15) is 0 Å². The molecule has 5 aromatic rings. The third-order valence-electron chi connectivity index (χ3n) is 6.31. The Hall–Kier alpha value is -4.86. The van der Waals surface area contributed by atoms with Gasteiger partial charge in [-0.2, -0.15) is 0 Å². The number of hydrogen-bond acceptors (Lipinski definition) is 8. The van der Waals surface area contributed by atoms with E-state index in [0.29, 0.717) is 23.0 Å². The lowest BCUT2D eigenvalue weighted by atomic mass is 10.1. The predicted molar refractivity (Wildman–Crippen MR) is 142 cm³/mol. The third-order valence-corrected chi connectivity index (χ3v) is 6.31. The molecule has 2 aromatic heterocycles. The van der Waals surface area contributed by atoms with Crippen molar-refractivity contribution in [3.05, 3.63) is 102 Å². The minimum absolute atomic E-state index is 0.00382. The van der Waals surface area contributed by atoms with Crippen molar-refractivity contribution in [1.82, 2.24) is 9.13 Å². The standard InChI is InChI=1S/C28H24N2O8/c1-35-17-5-3-7-19(13-17)37-11-9-29-25(31)21-15-23-24(16-22(21)26(29)32)28(34)30(27(23)33)10-12-38-20-8-4-6-18(14-20)36-2/h3-8,13-16H,9-12H2,1-2H3. The van der Waals surface area contributed by atoms with Crippen LogP contribution >= 0.6 is 0 Å². The highest BCUT2D eigenvalue weighted by Crippen LogP contribution is 2.20. The topological polar surface area (TPSA) is 115 Å². The molecule has 10 nitrogen and oxygen atoms in total. The lowest BCUT2D eigenvalue weighted by Gasteiger charge is -2.07. The Bertz CT molecular complexity index is 1630. The number of rotatable bonds is 10. The molecule has 0 aliphatic carbocycles. The second-order valence-corrected chi connectivity index (χ2v) is 8.52. The summed E-state index contributed by atoms with van der Waals surface area (Å²) in [4.78, 5) is 52.0. The largest absolute Gasteiger partial charge is 0.497 e. The molecule has 2 heterocycles. The van der Waals surface area contributed by atoms with E-state index in [0.717, 1.165) is 9.13 Å². The molecule has 0 aliphatic rings. The fourth-order valence-electron chi connectivity index (χ4n) is 4.37. The molecular weight excluding hydrogens is 492 g/mol. The van der Waals surface area contributed by atoms with Crippen molar-refractivity contribution in [2.24, 2.45) is 0 Å². The maximum absolute atomic E-state index is 13.0. The van der Waals surface area contributed by atoms with Gasteiger partial charge >= 0.3 is 0 Å². The van der Waals surface area contributed by atoms with Gasteiger partial charge in [0.15, 0.2) is 0 Å². The highest BCUT2D eigenvalue weighted by Gasteiger charge is 2.19. The normalized spacial score (nSPS) is 11.2. The van der Waals surface area contributed by atoms with Crippen LogP contribution in [-0.2, 0) is 13.1 Å². The summed E-state index contributed by atoms with van der Waals surface area (Å²) in [5, 5.41) is 0.355. The van der Waals surface area contributed by atoms with E-state index in [1.165, 1.54) is 12.1 Å².